The molecule has 0 saturated carbocycles. The minimum atomic E-state index is -0.0997. The van der Waals surface area contributed by atoms with Crippen LogP contribution in [0.4, 0.5) is 5.69 Å². The van der Waals surface area contributed by atoms with Crippen molar-refractivity contribution >= 4 is 23.0 Å². The van der Waals surface area contributed by atoms with Gasteiger partial charge >= 0.3 is 0 Å². The highest BCUT2D eigenvalue weighted by atomic mass is 32.1. The minimum absolute atomic E-state index is 0.0747. The molecule has 1 aliphatic heterocycles. The van der Waals surface area contributed by atoms with Gasteiger partial charge in [-0.1, -0.05) is 6.07 Å². The highest BCUT2D eigenvalue weighted by molar-refractivity contribution is 7.80. The number of thiocarbonyl (C=S) groups is 1. The topological polar surface area (TPSA) is 65.0 Å². The summed E-state index contributed by atoms with van der Waals surface area (Å²) in [5.41, 5.74) is 2.88. The monoisotopic (exact) mass is 330 g/mol. The van der Waals surface area contributed by atoms with Gasteiger partial charge in [-0.2, -0.15) is 0 Å². The molecule has 2 aromatic carbocycles. The Balaban J connectivity index is 1.72. The van der Waals surface area contributed by atoms with Crippen molar-refractivity contribution in [2.24, 2.45) is 0 Å². The molecule has 0 bridgehead atoms. The SMILES string of the molecule is COc1cccc(NC(=S)N2CCc3cc(O)c(O)cc3C2)c1. The first-order valence-corrected chi connectivity index (χ1v) is 7.71. The number of nitrogens with one attached hydrogen (secondary N) is 1. The number of fused-ring (bicyclic) bond motifs is 1. The number of benzene rings is 2. The average Bonchev–Trinajstić information content (AvgIpc) is 2.55. The van der Waals surface area contributed by atoms with Crippen molar-refractivity contribution in [3.63, 3.8) is 0 Å². The third-order valence-electron chi connectivity index (χ3n) is 3.92. The number of methoxy groups -OCH3 is 1. The molecule has 0 radical (unpaired) electrons. The number of anilines is 1. The Morgan fingerprint density at radius 3 is 2.65 bits per heavy atom. The lowest BCUT2D eigenvalue weighted by atomic mass is 9.99. The van der Waals surface area contributed by atoms with E-state index in [1.165, 1.54) is 0 Å². The summed E-state index contributed by atoms with van der Waals surface area (Å²) in [6.07, 6.45) is 0.767. The van der Waals surface area contributed by atoms with Crippen LogP contribution in [0, 0.1) is 0 Å². The Morgan fingerprint density at radius 2 is 1.91 bits per heavy atom. The molecule has 6 heteroatoms. The molecule has 0 fully saturated rings. The smallest absolute Gasteiger partial charge is 0.173 e. The summed E-state index contributed by atoms with van der Waals surface area (Å²) in [6, 6.07) is 10.8. The van der Waals surface area contributed by atoms with Crippen LogP contribution in [0.2, 0.25) is 0 Å². The summed E-state index contributed by atoms with van der Waals surface area (Å²) in [6.45, 7) is 1.35. The van der Waals surface area contributed by atoms with E-state index in [0.29, 0.717) is 11.7 Å². The molecule has 3 N–H and O–H groups in total. The van der Waals surface area contributed by atoms with Crippen LogP contribution < -0.4 is 10.1 Å². The molecule has 3 rings (SSSR count). The van der Waals surface area contributed by atoms with Crippen LogP contribution in [-0.4, -0.2) is 33.9 Å². The molecule has 0 amide bonds. The van der Waals surface area contributed by atoms with Gasteiger partial charge in [0.1, 0.15) is 5.75 Å². The quantitative estimate of drug-likeness (QED) is 0.581. The van der Waals surface area contributed by atoms with Crippen LogP contribution in [-0.2, 0) is 13.0 Å². The molecule has 5 nitrogen and oxygen atoms in total. The van der Waals surface area contributed by atoms with Crippen molar-refractivity contribution in [1.29, 1.82) is 0 Å². The number of hydrogen-bond acceptors (Lipinski definition) is 4. The number of nitrogens with zero attached hydrogens (tertiary/aromatic N) is 1. The predicted molar refractivity (Wildman–Crippen MR) is 93.1 cm³/mol. The fourth-order valence-electron chi connectivity index (χ4n) is 2.66. The van der Waals surface area contributed by atoms with E-state index in [2.05, 4.69) is 5.32 Å². The van der Waals surface area contributed by atoms with E-state index in [9.17, 15) is 10.2 Å². The highest BCUT2D eigenvalue weighted by Crippen LogP contribution is 2.31. The first kappa shape index (κ1) is 15.4. The largest absolute Gasteiger partial charge is 0.504 e. The second-order valence-electron chi connectivity index (χ2n) is 5.44. The Kier molecular flexibility index (Phi) is 4.25. The van der Waals surface area contributed by atoms with E-state index in [1.807, 2.05) is 29.2 Å². The summed E-state index contributed by atoms with van der Waals surface area (Å²) in [5.74, 6) is 0.591. The van der Waals surface area contributed by atoms with E-state index in [1.54, 1.807) is 19.2 Å². The second kappa shape index (κ2) is 6.34. The lowest BCUT2D eigenvalue weighted by Crippen LogP contribution is -2.38. The summed E-state index contributed by atoms with van der Waals surface area (Å²) in [4.78, 5) is 2.04. The minimum Gasteiger partial charge on any atom is -0.504 e. The van der Waals surface area contributed by atoms with E-state index in [-0.39, 0.29) is 11.5 Å². The van der Waals surface area contributed by atoms with Crippen molar-refractivity contribution in [1.82, 2.24) is 4.90 Å². The van der Waals surface area contributed by atoms with Crippen LogP contribution in [0.1, 0.15) is 11.1 Å². The molecule has 23 heavy (non-hydrogen) atoms. The average molecular weight is 330 g/mol. The number of rotatable bonds is 2. The fraction of sp³-hybridized carbons (Fsp3) is 0.235. The van der Waals surface area contributed by atoms with Crippen LogP contribution >= 0.6 is 12.2 Å². The molecule has 1 heterocycles. The Bertz CT molecular complexity index is 749. The van der Waals surface area contributed by atoms with Crippen LogP contribution in [0.25, 0.3) is 0 Å². The molecule has 0 saturated heterocycles. The summed E-state index contributed by atoms with van der Waals surface area (Å²) < 4.78 is 5.20. The Hall–Kier alpha value is -2.47. The molecular formula is C17H18N2O3S. The Labute approximate surface area is 140 Å². The highest BCUT2D eigenvalue weighted by Gasteiger charge is 2.20. The van der Waals surface area contributed by atoms with Gasteiger partial charge in [0.2, 0.25) is 0 Å². The normalized spacial score (nSPS) is 13.3. The lowest BCUT2D eigenvalue weighted by molar-refractivity contribution is 0.382. The molecular weight excluding hydrogens is 312 g/mol. The number of phenolic OH excluding ortho intramolecular Hbond substituents is 2. The van der Waals surface area contributed by atoms with Gasteiger partial charge in [0.25, 0.3) is 0 Å². The third-order valence-corrected chi connectivity index (χ3v) is 4.28. The number of ether oxygens (including phenoxy) is 1. The van der Waals surface area contributed by atoms with Gasteiger partial charge in [0.15, 0.2) is 16.6 Å². The van der Waals surface area contributed by atoms with Crippen molar-refractivity contribution in [2.75, 3.05) is 19.0 Å². The van der Waals surface area contributed by atoms with Gasteiger partial charge in [-0.25, -0.2) is 0 Å². The zero-order valence-electron chi connectivity index (χ0n) is 12.7. The molecule has 2 aromatic rings. The van der Waals surface area contributed by atoms with Crippen LogP contribution in [0.5, 0.6) is 17.2 Å². The first-order valence-electron chi connectivity index (χ1n) is 7.30. The fourth-order valence-corrected chi connectivity index (χ4v) is 2.93. The van der Waals surface area contributed by atoms with Gasteiger partial charge in [-0.15, -0.1) is 0 Å². The van der Waals surface area contributed by atoms with E-state index < -0.39 is 0 Å². The molecule has 0 aromatic heterocycles. The molecule has 0 spiro atoms. The number of phenols is 2. The van der Waals surface area contributed by atoms with Gasteiger partial charge in [0.05, 0.1) is 7.11 Å². The molecule has 1 aliphatic rings. The zero-order chi connectivity index (χ0) is 16.4. The standard InChI is InChI=1S/C17H18N2O3S/c1-22-14-4-2-3-13(9-14)18-17(23)19-6-5-11-7-15(20)16(21)8-12(11)10-19/h2-4,7-9,20-21H,5-6,10H2,1H3,(H,18,23). The second-order valence-corrected chi connectivity index (χ2v) is 5.83. The predicted octanol–water partition coefficient (Wildman–Crippen LogP) is 2.86. The molecule has 0 unspecified atom stereocenters. The molecule has 0 atom stereocenters. The van der Waals surface area contributed by atoms with E-state index in [4.69, 9.17) is 17.0 Å². The molecule has 120 valence electrons. The first-order chi connectivity index (χ1) is 11.1. The van der Waals surface area contributed by atoms with Crippen molar-refractivity contribution < 1.29 is 14.9 Å². The summed E-state index contributed by atoms with van der Waals surface area (Å²) in [7, 11) is 1.63. The van der Waals surface area contributed by atoms with Gasteiger partial charge in [-0.05, 0) is 54.0 Å². The van der Waals surface area contributed by atoms with Gasteiger partial charge in [-0.3, -0.25) is 0 Å². The number of aromatic hydroxyl groups is 2. The maximum Gasteiger partial charge on any atom is 0.173 e. The lowest BCUT2D eigenvalue weighted by Gasteiger charge is -2.31. The van der Waals surface area contributed by atoms with Crippen molar-refractivity contribution in [3.8, 4) is 17.2 Å². The van der Waals surface area contributed by atoms with E-state index in [0.717, 1.165) is 35.5 Å². The molecule has 0 aliphatic carbocycles. The van der Waals surface area contributed by atoms with Crippen molar-refractivity contribution in [2.45, 2.75) is 13.0 Å². The van der Waals surface area contributed by atoms with Crippen LogP contribution in [0.3, 0.4) is 0 Å². The summed E-state index contributed by atoms with van der Waals surface area (Å²) in [5, 5.41) is 23.1. The third kappa shape index (κ3) is 3.32. The van der Waals surface area contributed by atoms with Gasteiger partial charge in [0, 0.05) is 24.8 Å². The summed E-state index contributed by atoms with van der Waals surface area (Å²) >= 11 is 5.49. The maximum atomic E-state index is 9.66. The Morgan fingerprint density at radius 1 is 1.17 bits per heavy atom. The van der Waals surface area contributed by atoms with E-state index >= 15 is 0 Å². The zero-order valence-corrected chi connectivity index (χ0v) is 13.6. The number of hydrogen-bond donors (Lipinski definition) is 3. The van der Waals surface area contributed by atoms with Gasteiger partial charge < -0.3 is 25.2 Å². The van der Waals surface area contributed by atoms with Crippen LogP contribution in [0.15, 0.2) is 36.4 Å². The van der Waals surface area contributed by atoms with Crippen molar-refractivity contribution in [3.05, 3.63) is 47.5 Å². The maximum absolute atomic E-state index is 9.66.